The van der Waals surface area contributed by atoms with Gasteiger partial charge in [-0.15, -0.1) is 11.3 Å². The van der Waals surface area contributed by atoms with Crippen molar-refractivity contribution in [1.82, 2.24) is 9.88 Å². The number of esters is 1. The predicted molar refractivity (Wildman–Crippen MR) is 109 cm³/mol. The van der Waals surface area contributed by atoms with E-state index in [1.54, 1.807) is 24.3 Å². The molecular weight excluding hydrogens is 392 g/mol. The van der Waals surface area contributed by atoms with Crippen molar-refractivity contribution in [3.63, 3.8) is 0 Å². The Balaban J connectivity index is 1.60. The van der Waals surface area contributed by atoms with E-state index in [0.29, 0.717) is 41.9 Å². The van der Waals surface area contributed by atoms with Crippen LogP contribution >= 0.6 is 11.3 Å². The van der Waals surface area contributed by atoms with Crippen LogP contribution in [0.5, 0.6) is 11.5 Å². The van der Waals surface area contributed by atoms with Gasteiger partial charge in [-0.1, -0.05) is 6.07 Å². The highest BCUT2D eigenvalue weighted by molar-refractivity contribution is 7.09. The predicted octanol–water partition coefficient (Wildman–Crippen LogP) is 3.45. The van der Waals surface area contributed by atoms with E-state index in [9.17, 15) is 9.59 Å². The molecule has 156 valence electrons. The van der Waals surface area contributed by atoms with Crippen LogP contribution < -0.4 is 9.47 Å². The number of aryl methyl sites for hydroxylation is 1. The fraction of sp³-hybridized carbons (Fsp3) is 0.476. The number of nitrogens with zero attached hydrogens (tertiary/aromatic N) is 2. The molecule has 8 heteroatoms. The van der Waals surface area contributed by atoms with Gasteiger partial charge in [-0.2, -0.15) is 0 Å². The first kappa shape index (κ1) is 21.1. The Bertz CT molecular complexity index is 867. The van der Waals surface area contributed by atoms with Crippen LogP contribution in [-0.2, 0) is 16.1 Å². The summed E-state index contributed by atoms with van der Waals surface area (Å²) < 4.78 is 16.3. The number of rotatable bonds is 7. The number of piperidine rings is 1. The van der Waals surface area contributed by atoms with E-state index in [1.165, 1.54) is 11.3 Å². The Morgan fingerprint density at radius 2 is 2.14 bits per heavy atom. The Kier molecular flexibility index (Phi) is 7.09. The molecule has 1 aromatic heterocycles. The minimum absolute atomic E-state index is 0.158. The zero-order valence-corrected chi connectivity index (χ0v) is 17.8. The van der Waals surface area contributed by atoms with E-state index < -0.39 is 0 Å². The quantitative estimate of drug-likeness (QED) is 0.641. The van der Waals surface area contributed by atoms with Crippen LogP contribution in [-0.4, -0.2) is 48.6 Å². The molecular formula is C21H26N2O5S. The highest BCUT2D eigenvalue weighted by Crippen LogP contribution is 2.29. The van der Waals surface area contributed by atoms with Gasteiger partial charge in [0.15, 0.2) is 11.5 Å². The van der Waals surface area contributed by atoms with Gasteiger partial charge >= 0.3 is 5.97 Å². The van der Waals surface area contributed by atoms with Crippen molar-refractivity contribution in [2.24, 2.45) is 5.92 Å². The molecule has 7 nitrogen and oxygen atoms in total. The Morgan fingerprint density at radius 1 is 1.31 bits per heavy atom. The lowest BCUT2D eigenvalue weighted by molar-refractivity contribution is -0.149. The Labute approximate surface area is 174 Å². The molecule has 0 radical (unpaired) electrons. The number of hydrogen-bond acceptors (Lipinski definition) is 7. The third-order valence-electron chi connectivity index (χ3n) is 4.77. The summed E-state index contributed by atoms with van der Waals surface area (Å²) in [6.45, 7) is 5.38. The first-order valence-electron chi connectivity index (χ1n) is 9.69. The molecule has 3 rings (SSSR count). The van der Waals surface area contributed by atoms with Crippen molar-refractivity contribution in [2.75, 3.05) is 26.8 Å². The lowest BCUT2D eigenvalue weighted by atomic mass is 9.98. The van der Waals surface area contributed by atoms with E-state index in [1.807, 2.05) is 25.1 Å². The number of benzene rings is 1. The summed E-state index contributed by atoms with van der Waals surface area (Å²) in [7, 11) is 1.60. The van der Waals surface area contributed by atoms with Crippen molar-refractivity contribution in [3.8, 4) is 11.5 Å². The monoisotopic (exact) mass is 418 g/mol. The van der Waals surface area contributed by atoms with Gasteiger partial charge in [0.05, 0.1) is 19.6 Å². The molecule has 1 aromatic carbocycles. The third kappa shape index (κ3) is 5.26. The van der Waals surface area contributed by atoms with Crippen LogP contribution in [0.15, 0.2) is 23.6 Å². The molecule has 1 atom stereocenters. The topological polar surface area (TPSA) is 78.0 Å². The van der Waals surface area contributed by atoms with Gasteiger partial charge in [0.1, 0.15) is 17.3 Å². The molecule has 1 amide bonds. The molecule has 0 aliphatic carbocycles. The summed E-state index contributed by atoms with van der Waals surface area (Å²) >= 11 is 1.38. The minimum atomic E-state index is -0.261. The van der Waals surface area contributed by atoms with E-state index in [0.717, 1.165) is 18.4 Å². The number of likely N-dealkylation sites (tertiary alicyclic amines) is 1. The minimum Gasteiger partial charge on any atom is -0.493 e. The number of ether oxygens (including phenoxy) is 3. The highest BCUT2D eigenvalue weighted by Gasteiger charge is 2.30. The van der Waals surface area contributed by atoms with Gasteiger partial charge in [-0.25, -0.2) is 4.98 Å². The maximum Gasteiger partial charge on any atom is 0.310 e. The fourth-order valence-corrected chi connectivity index (χ4v) is 3.96. The Hall–Kier alpha value is -2.61. The number of carbonyl (C=O) groups excluding carboxylic acids is 2. The molecule has 0 spiro atoms. The standard InChI is InChI=1S/C21H26N2O5S/c1-4-27-21(25)15-6-5-9-23(11-15)20(24)16-13-29-19(22-16)12-28-17-8-7-14(2)10-18(17)26-3/h7-8,10,13,15H,4-6,9,11-12H2,1-3H3/t15-/m1/s1. The van der Waals surface area contributed by atoms with Gasteiger partial charge in [0.25, 0.3) is 5.91 Å². The first-order chi connectivity index (χ1) is 14.0. The Morgan fingerprint density at radius 3 is 2.90 bits per heavy atom. The first-order valence-corrected chi connectivity index (χ1v) is 10.6. The maximum atomic E-state index is 12.8. The van der Waals surface area contributed by atoms with E-state index in [-0.39, 0.29) is 24.4 Å². The number of aromatic nitrogens is 1. The van der Waals surface area contributed by atoms with Gasteiger partial charge < -0.3 is 19.1 Å². The summed E-state index contributed by atoms with van der Waals surface area (Å²) in [5, 5.41) is 2.44. The maximum absolute atomic E-state index is 12.8. The normalized spacial score (nSPS) is 16.4. The van der Waals surface area contributed by atoms with Crippen LogP contribution in [0.25, 0.3) is 0 Å². The smallest absolute Gasteiger partial charge is 0.310 e. The molecule has 0 unspecified atom stereocenters. The molecule has 2 aromatic rings. The van der Waals surface area contributed by atoms with Crippen molar-refractivity contribution in [2.45, 2.75) is 33.3 Å². The summed E-state index contributed by atoms with van der Waals surface area (Å²) in [5.41, 5.74) is 1.47. The average Bonchev–Trinajstić information content (AvgIpc) is 3.21. The van der Waals surface area contributed by atoms with Gasteiger partial charge in [0, 0.05) is 18.5 Å². The summed E-state index contributed by atoms with van der Waals surface area (Å²) in [5.74, 6) is 0.646. The molecule has 1 aliphatic rings. The number of thiazole rings is 1. The molecule has 0 N–H and O–H groups in total. The molecule has 2 heterocycles. The number of hydrogen-bond donors (Lipinski definition) is 0. The molecule has 0 saturated carbocycles. The highest BCUT2D eigenvalue weighted by atomic mass is 32.1. The lowest BCUT2D eigenvalue weighted by Crippen LogP contribution is -2.43. The number of amides is 1. The third-order valence-corrected chi connectivity index (χ3v) is 5.59. The lowest BCUT2D eigenvalue weighted by Gasteiger charge is -2.31. The van der Waals surface area contributed by atoms with E-state index in [4.69, 9.17) is 14.2 Å². The van der Waals surface area contributed by atoms with Crippen molar-refractivity contribution < 1.29 is 23.8 Å². The molecule has 29 heavy (non-hydrogen) atoms. The van der Waals surface area contributed by atoms with E-state index in [2.05, 4.69) is 4.98 Å². The zero-order chi connectivity index (χ0) is 20.8. The second-order valence-electron chi connectivity index (χ2n) is 6.91. The molecule has 0 bridgehead atoms. The molecule has 1 fully saturated rings. The average molecular weight is 419 g/mol. The van der Waals surface area contributed by atoms with Crippen LogP contribution in [0.4, 0.5) is 0 Å². The van der Waals surface area contributed by atoms with Gasteiger partial charge in [-0.3, -0.25) is 9.59 Å². The van der Waals surface area contributed by atoms with Crippen LogP contribution in [0.1, 0.15) is 40.8 Å². The van der Waals surface area contributed by atoms with Crippen molar-refractivity contribution >= 4 is 23.2 Å². The summed E-state index contributed by atoms with van der Waals surface area (Å²) in [6.07, 6.45) is 1.53. The molecule has 1 aliphatic heterocycles. The second kappa shape index (κ2) is 9.73. The number of methoxy groups -OCH3 is 1. The largest absolute Gasteiger partial charge is 0.493 e. The second-order valence-corrected chi connectivity index (χ2v) is 7.85. The van der Waals surface area contributed by atoms with Crippen molar-refractivity contribution in [1.29, 1.82) is 0 Å². The zero-order valence-electron chi connectivity index (χ0n) is 17.0. The van der Waals surface area contributed by atoms with Crippen LogP contribution in [0.2, 0.25) is 0 Å². The SMILES string of the molecule is CCOC(=O)[C@@H]1CCCN(C(=O)c2csc(COc3ccc(C)cc3OC)n2)C1. The molecule has 1 saturated heterocycles. The summed E-state index contributed by atoms with van der Waals surface area (Å²) in [6, 6.07) is 5.71. The van der Waals surface area contributed by atoms with Gasteiger partial charge in [-0.05, 0) is 44.4 Å². The van der Waals surface area contributed by atoms with Crippen LogP contribution in [0, 0.1) is 12.8 Å². The summed E-state index contributed by atoms with van der Waals surface area (Å²) in [4.78, 5) is 30.9. The fourth-order valence-electron chi connectivity index (χ4n) is 3.29. The van der Waals surface area contributed by atoms with E-state index >= 15 is 0 Å². The van der Waals surface area contributed by atoms with Gasteiger partial charge in [0.2, 0.25) is 0 Å². The number of carbonyl (C=O) groups is 2. The van der Waals surface area contributed by atoms with Crippen molar-refractivity contribution in [3.05, 3.63) is 39.8 Å². The van der Waals surface area contributed by atoms with Crippen LogP contribution in [0.3, 0.4) is 0 Å².